The molecule has 2 amide bonds. The van der Waals surface area contributed by atoms with E-state index in [9.17, 15) is 32.7 Å². The number of aromatic nitrogens is 2. The number of aliphatic hydroxyl groups is 1. The van der Waals surface area contributed by atoms with Crippen LogP contribution in [0.4, 0.5) is 18.0 Å². The van der Waals surface area contributed by atoms with Gasteiger partial charge >= 0.3 is 12.1 Å². The van der Waals surface area contributed by atoms with Gasteiger partial charge in [-0.05, 0) is 53.2 Å². The van der Waals surface area contributed by atoms with Gasteiger partial charge in [0, 0.05) is 10.4 Å². The topological polar surface area (TPSA) is 113 Å². The van der Waals surface area contributed by atoms with Crippen molar-refractivity contribution >= 4 is 57.5 Å². The minimum absolute atomic E-state index is 0.0125. The van der Waals surface area contributed by atoms with Crippen LogP contribution in [0, 0.1) is 0 Å². The van der Waals surface area contributed by atoms with Crippen LogP contribution in [0.2, 0.25) is 5.02 Å². The van der Waals surface area contributed by atoms with Crippen molar-refractivity contribution in [3.05, 3.63) is 69.2 Å². The number of alkyl halides is 3. The molecule has 1 atom stereocenters. The molecule has 0 unspecified atom stereocenters. The number of carbonyl (C=O) groups excluding carboxylic acids is 2. The SMILES string of the molecule is O=C(O)[C@@H](CO)N1C(=O)S/C(=C\c2ccc3c(cnn3Cc3ccc(Cl)cc3C(F)(F)F)c2)C1=O. The third-order valence-corrected chi connectivity index (χ3v) is 6.37. The van der Waals surface area contributed by atoms with Gasteiger partial charge in [-0.2, -0.15) is 18.3 Å². The monoisotopic (exact) mass is 525 g/mol. The van der Waals surface area contributed by atoms with Crippen LogP contribution in [0.15, 0.2) is 47.5 Å². The molecular weight excluding hydrogens is 511 g/mol. The minimum atomic E-state index is -4.59. The lowest BCUT2D eigenvalue weighted by Crippen LogP contribution is -2.46. The highest BCUT2D eigenvalue weighted by molar-refractivity contribution is 8.18. The molecule has 0 spiro atoms. The van der Waals surface area contributed by atoms with E-state index in [1.807, 2.05) is 0 Å². The number of benzene rings is 2. The summed E-state index contributed by atoms with van der Waals surface area (Å²) in [7, 11) is 0. The first-order valence-corrected chi connectivity index (χ1v) is 11.1. The van der Waals surface area contributed by atoms with Crippen molar-refractivity contribution in [2.45, 2.75) is 18.8 Å². The predicted octanol–water partition coefficient (Wildman–Crippen LogP) is 4.24. The van der Waals surface area contributed by atoms with Gasteiger partial charge in [-0.25, -0.2) is 4.79 Å². The van der Waals surface area contributed by atoms with Gasteiger partial charge in [0.05, 0.1) is 35.3 Å². The Hall–Kier alpha value is -3.35. The molecule has 182 valence electrons. The van der Waals surface area contributed by atoms with Crippen LogP contribution >= 0.6 is 23.4 Å². The van der Waals surface area contributed by atoms with Crippen molar-refractivity contribution < 1.29 is 37.8 Å². The van der Waals surface area contributed by atoms with Gasteiger partial charge in [0.1, 0.15) is 0 Å². The number of thioether (sulfide) groups is 1. The van der Waals surface area contributed by atoms with Crippen molar-refractivity contribution in [2.75, 3.05) is 6.61 Å². The Morgan fingerprint density at radius 2 is 1.94 bits per heavy atom. The summed E-state index contributed by atoms with van der Waals surface area (Å²) in [4.78, 5) is 36.4. The maximum atomic E-state index is 13.4. The summed E-state index contributed by atoms with van der Waals surface area (Å²) < 4.78 is 41.7. The average Bonchev–Trinajstić information content (AvgIpc) is 3.30. The number of carboxylic acids is 1. The highest BCUT2D eigenvalue weighted by atomic mass is 35.5. The van der Waals surface area contributed by atoms with Gasteiger partial charge in [-0.1, -0.05) is 23.7 Å². The van der Waals surface area contributed by atoms with E-state index >= 15 is 0 Å². The molecule has 0 aliphatic carbocycles. The molecule has 1 aliphatic heterocycles. The van der Waals surface area contributed by atoms with Crippen LogP contribution < -0.4 is 0 Å². The van der Waals surface area contributed by atoms with Crippen LogP contribution in [0.1, 0.15) is 16.7 Å². The van der Waals surface area contributed by atoms with Gasteiger partial charge in [0.15, 0.2) is 6.04 Å². The molecule has 2 aromatic carbocycles. The lowest BCUT2D eigenvalue weighted by Gasteiger charge is -2.18. The van der Waals surface area contributed by atoms with Gasteiger partial charge in [0.2, 0.25) is 0 Å². The van der Waals surface area contributed by atoms with Gasteiger partial charge < -0.3 is 10.2 Å². The molecule has 8 nitrogen and oxygen atoms in total. The summed E-state index contributed by atoms with van der Waals surface area (Å²) in [5.41, 5.74) is 0.149. The largest absolute Gasteiger partial charge is 0.480 e. The summed E-state index contributed by atoms with van der Waals surface area (Å²) in [5.74, 6) is -2.36. The number of aliphatic carboxylic acids is 1. The second-order valence-electron chi connectivity index (χ2n) is 7.51. The van der Waals surface area contributed by atoms with Crippen LogP contribution in [0.25, 0.3) is 17.0 Å². The molecule has 3 aromatic rings. The first-order chi connectivity index (χ1) is 16.5. The molecule has 1 saturated heterocycles. The minimum Gasteiger partial charge on any atom is -0.480 e. The number of aliphatic hydroxyl groups excluding tert-OH is 1. The molecule has 0 saturated carbocycles. The molecule has 0 bridgehead atoms. The molecule has 2 heterocycles. The lowest BCUT2D eigenvalue weighted by atomic mass is 10.1. The normalized spacial score (nSPS) is 16.5. The van der Waals surface area contributed by atoms with Crippen molar-refractivity contribution in [2.24, 2.45) is 0 Å². The van der Waals surface area contributed by atoms with Crippen LogP contribution in [-0.2, 0) is 22.3 Å². The molecule has 1 aromatic heterocycles. The van der Waals surface area contributed by atoms with E-state index in [0.717, 1.165) is 6.07 Å². The Balaban J connectivity index is 1.62. The van der Waals surface area contributed by atoms with Crippen molar-refractivity contribution in [3.8, 4) is 0 Å². The van der Waals surface area contributed by atoms with E-state index in [1.165, 1.54) is 29.1 Å². The van der Waals surface area contributed by atoms with E-state index in [1.54, 1.807) is 18.2 Å². The fourth-order valence-corrected chi connectivity index (χ4v) is 4.65. The molecule has 1 aliphatic rings. The van der Waals surface area contributed by atoms with Crippen molar-refractivity contribution in [1.82, 2.24) is 14.7 Å². The number of rotatable bonds is 6. The zero-order valence-corrected chi connectivity index (χ0v) is 19.1. The third kappa shape index (κ3) is 4.90. The van der Waals surface area contributed by atoms with Gasteiger partial charge in [-0.3, -0.25) is 19.2 Å². The van der Waals surface area contributed by atoms with Crippen LogP contribution in [0.3, 0.4) is 0 Å². The zero-order valence-electron chi connectivity index (χ0n) is 17.5. The molecule has 13 heteroatoms. The molecule has 4 rings (SSSR count). The Morgan fingerprint density at radius 1 is 1.20 bits per heavy atom. The van der Waals surface area contributed by atoms with Crippen LogP contribution in [0.5, 0.6) is 0 Å². The van der Waals surface area contributed by atoms with Crippen LogP contribution in [-0.4, -0.2) is 54.7 Å². The number of imide groups is 1. The van der Waals surface area contributed by atoms with Gasteiger partial charge in [0.25, 0.3) is 11.1 Å². The highest BCUT2D eigenvalue weighted by Crippen LogP contribution is 2.36. The fourth-order valence-electron chi connectivity index (χ4n) is 3.60. The number of hydrogen-bond acceptors (Lipinski definition) is 6. The van der Waals surface area contributed by atoms with Crippen molar-refractivity contribution in [1.29, 1.82) is 0 Å². The molecule has 35 heavy (non-hydrogen) atoms. The Morgan fingerprint density at radius 3 is 2.60 bits per heavy atom. The maximum absolute atomic E-state index is 13.4. The Bertz CT molecular complexity index is 1390. The molecule has 1 fully saturated rings. The van der Waals surface area contributed by atoms with E-state index in [0.29, 0.717) is 33.1 Å². The smallest absolute Gasteiger partial charge is 0.416 e. The predicted molar refractivity (Wildman–Crippen MR) is 122 cm³/mol. The summed E-state index contributed by atoms with van der Waals surface area (Å²) in [6.07, 6.45) is -1.75. The molecule has 2 N–H and O–H groups in total. The Labute approximate surface area is 204 Å². The second kappa shape index (κ2) is 9.36. The standard InChI is InChI=1S/C22H15ClF3N3O5S/c23-14-3-2-12(15(7-14)22(24,25)26)9-28-16-4-1-11(5-13(16)8-27-28)6-18-19(31)29(21(34)35-18)17(10-30)20(32)33/h1-8,17,30H,9-10H2,(H,32,33)/b18-6-/t17-/m1/s1. The number of hydrogen-bond donors (Lipinski definition) is 2. The zero-order chi connectivity index (χ0) is 25.5. The van der Waals surface area contributed by atoms with E-state index in [2.05, 4.69) is 5.10 Å². The molecular formula is C22H15ClF3N3O5S. The number of carbonyl (C=O) groups is 3. The summed E-state index contributed by atoms with van der Waals surface area (Å²) in [5, 5.41) is 22.3. The average molecular weight is 526 g/mol. The highest BCUT2D eigenvalue weighted by Gasteiger charge is 2.42. The molecule has 0 radical (unpaired) electrons. The number of halogens is 4. The number of nitrogens with zero attached hydrogens (tertiary/aromatic N) is 3. The Kier molecular flexibility index (Phi) is 6.62. The summed E-state index contributed by atoms with van der Waals surface area (Å²) >= 11 is 6.28. The fraction of sp³-hybridized carbons (Fsp3) is 0.182. The first kappa shape index (κ1) is 24.8. The first-order valence-electron chi connectivity index (χ1n) is 9.91. The second-order valence-corrected chi connectivity index (χ2v) is 8.94. The lowest BCUT2D eigenvalue weighted by molar-refractivity contribution is -0.147. The third-order valence-electron chi connectivity index (χ3n) is 5.25. The van der Waals surface area contributed by atoms with Gasteiger partial charge in [-0.15, -0.1) is 0 Å². The number of fused-ring (bicyclic) bond motifs is 1. The van der Waals surface area contributed by atoms with E-state index in [4.69, 9.17) is 16.7 Å². The van der Waals surface area contributed by atoms with E-state index in [-0.39, 0.29) is 22.0 Å². The quantitative estimate of drug-likeness (QED) is 0.463. The maximum Gasteiger partial charge on any atom is 0.416 e. The van der Waals surface area contributed by atoms with Crippen molar-refractivity contribution in [3.63, 3.8) is 0 Å². The summed E-state index contributed by atoms with van der Waals surface area (Å²) in [6, 6.07) is 6.65. The number of amides is 2. The van der Waals surface area contributed by atoms with E-state index < -0.39 is 41.5 Å². The summed E-state index contributed by atoms with van der Waals surface area (Å²) in [6.45, 7) is -1.08. The number of carboxylic acid groups (broad SMARTS) is 1.